The number of hydrogen-bond donors (Lipinski definition) is 0. The third kappa shape index (κ3) is 4.18. The Hall–Kier alpha value is -2.04. The van der Waals surface area contributed by atoms with Gasteiger partial charge in [-0.15, -0.1) is 0 Å². The van der Waals surface area contributed by atoms with Gasteiger partial charge in [0.2, 0.25) is 5.91 Å². The highest BCUT2D eigenvalue weighted by Crippen LogP contribution is 2.30. The second kappa shape index (κ2) is 8.54. The molecule has 28 heavy (non-hydrogen) atoms. The van der Waals surface area contributed by atoms with Gasteiger partial charge in [-0.2, -0.15) is 0 Å². The summed E-state index contributed by atoms with van der Waals surface area (Å²) in [6.07, 6.45) is 3.49. The lowest BCUT2D eigenvalue weighted by atomic mass is 9.84. The monoisotopic (exact) mass is 416 g/mol. The Morgan fingerprint density at radius 2 is 1.79 bits per heavy atom. The molecule has 1 aliphatic heterocycles. The van der Waals surface area contributed by atoms with E-state index in [1.165, 1.54) is 0 Å². The molecule has 0 N–H and O–H groups in total. The van der Waals surface area contributed by atoms with E-state index < -0.39 is 0 Å². The highest BCUT2D eigenvalue weighted by Gasteiger charge is 2.33. The molecule has 2 aromatic rings. The summed E-state index contributed by atoms with van der Waals surface area (Å²) in [4.78, 5) is 20.5. The minimum atomic E-state index is -0.183. The maximum atomic E-state index is 13.0. The van der Waals surface area contributed by atoms with Crippen molar-refractivity contribution in [1.82, 2.24) is 4.90 Å². The number of oxime groups is 1. The van der Waals surface area contributed by atoms with E-state index in [2.05, 4.69) is 5.16 Å². The molecule has 1 fully saturated rings. The largest absolute Gasteiger partial charge is 0.390 e. The summed E-state index contributed by atoms with van der Waals surface area (Å²) in [5, 5.41) is 5.56. The Morgan fingerprint density at radius 3 is 2.46 bits per heavy atom. The fraction of sp³-hybridized carbons (Fsp3) is 0.364. The molecule has 1 unspecified atom stereocenters. The van der Waals surface area contributed by atoms with Gasteiger partial charge in [0.15, 0.2) is 6.10 Å². The van der Waals surface area contributed by atoms with Crippen molar-refractivity contribution >= 4 is 34.8 Å². The summed E-state index contributed by atoms with van der Waals surface area (Å²) in [5.41, 5.74) is 2.65. The Balaban J connectivity index is 1.46. The number of rotatable bonds is 6. The SMILES string of the molecule is O=C(C1CCC1)N(Cc1ccccc1Cl)CC1CC(c2ccccc2Cl)=NO1. The smallest absolute Gasteiger partial charge is 0.226 e. The number of hydrogen-bond acceptors (Lipinski definition) is 3. The lowest BCUT2D eigenvalue weighted by Crippen LogP contribution is -2.42. The van der Waals surface area contributed by atoms with Crippen molar-refractivity contribution in [2.75, 3.05) is 6.54 Å². The summed E-state index contributed by atoms with van der Waals surface area (Å²) < 4.78 is 0. The minimum Gasteiger partial charge on any atom is -0.390 e. The average molecular weight is 417 g/mol. The fourth-order valence-corrected chi connectivity index (χ4v) is 4.04. The van der Waals surface area contributed by atoms with Crippen LogP contribution in [0.3, 0.4) is 0 Å². The first-order chi connectivity index (χ1) is 13.6. The molecule has 0 bridgehead atoms. The standard InChI is InChI=1S/C22H22Cl2N2O2/c23-19-10-3-1-6-16(19)13-26(22(27)15-7-5-8-15)14-17-12-21(25-28-17)18-9-2-4-11-20(18)24/h1-4,6,9-11,15,17H,5,7-8,12-14H2. The van der Waals surface area contributed by atoms with E-state index in [4.69, 9.17) is 28.0 Å². The number of benzene rings is 2. The molecule has 1 amide bonds. The maximum Gasteiger partial charge on any atom is 0.226 e. The average Bonchev–Trinajstić information content (AvgIpc) is 3.10. The van der Waals surface area contributed by atoms with E-state index in [-0.39, 0.29) is 17.9 Å². The highest BCUT2D eigenvalue weighted by atomic mass is 35.5. The number of carbonyl (C=O) groups is 1. The van der Waals surface area contributed by atoms with E-state index in [0.717, 1.165) is 36.1 Å². The third-order valence-corrected chi connectivity index (χ3v) is 6.13. The summed E-state index contributed by atoms with van der Waals surface area (Å²) in [7, 11) is 0. The van der Waals surface area contributed by atoms with Crippen LogP contribution in [0.5, 0.6) is 0 Å². The fourth-order valence-electron chi connectivity index (χ4n) is 3.60. The molecule has 1 heterocycles. The van der Waals surface area contributed by atoms with Gasteiger partial charge in [0, 0.05) is 34.5 Å². The zero-order valence-electron chi connectivity index (χ0n) is 15.5. The van der Waals surface area contributed by atoms with Crippen LogP contribution in [0.4, 0.5) is 0 Å². The Labute approximate surface area is 175 Å². The van der Waals surface area contributed by atoms with Crippen LogP contribution in [-0.4, -0.2) is 29.2 Å². The second-order valence-electron chi connectivity index (χ2n) is 7.39. The Kier molecular flexibility index (Phi) is 5.88. The lowest BCUT2D eigenvalue weighted by molar-refractivity contribution is -0.140. The number of nitrogens with zero attached hydrogens (tertiary/aromatic N) is 2. The Morgan fingerprint density at radius 1 is 1.07 bits per heavy atom. The zero-order chi connectivity index (χ0) is 19.5. The van der Waals surface area contributed by atoms with Gasteiger partial charge in [-0.1, -0.05) is 71.2 Å². The molecule has 0 spiro atoms. The van der Waals surface area contributed by atoms with Crippen LogP contribution >= 0.6 is 23.2 Å². The van der Waals surface area contributed by atoms with Crippen molar-refractivity contribution in [3.8, 4) is 0 Å². The topological polar surface area (TPSA) is 41.9 Å². The van der Waals surface area contributed by atoms with Crippen molar-refractivity contribution in [3.63, 3.8) is 0 Å². The predicted molar refractivity (Wildman–Crippen MR) is 112 cm³/mol. The molecule has 1 atom stereocenters. The van der Waals surface area contributed by atoms with E-state index >= 15 is 0 Å². The minimum absolute atomic E-state index is 0.118. The molecule has 146 valence electrons. The molecule has 4 rings (SSSR count). The molecule has 2 aromatic carbocycles. The van der Waals surface area contributed by atoms with Gasteiger partial charge in [-0.25, -0.2) is 0 Å². The lowest BCUT2D eigenvalue weighted by Gasteiger charge is -2.33. The molecule has 0 aromatic heterocycles. The molecule has 1 saturated carbocycles. The molecular formula is C22H22Cl2N2O2. The summed E-state index contributed by atoms with van der Waals surface area (Å²) in [5.74, 6) is 0.300. The molecule has 0 radical (unpaired) electrons. The van der Waals surface area contributed by atoms with E-state index in [1.807, 2.05) is 53.4 Å². The van der Waals surface area contributed by atoms with Crippen LogP contribution in [0.15, 0.2) is 53.7 Å². The molecule has 4 nitrogen and oxygen atoms in total. The molecule has 6 heteroatoms. The number of halogens is 2. The van der Waals surface area contributed by atoms with E-state index in [9.17, 15) is 4.79 Å². The van der Waals surface area contributed by atoms with Crippen molar-refractivity contribution in [2.45, 2.75) is 38.3 Å². The maximum absolute atomic E-state index is 13.0. The molecular weight excluding hydrogens is 395 g/mol. The molecule has 2 aliphatic rings. The van der Waals surface area contributed by atoms with Crippen molar-refractivity contribution in [3.05, 3.63) is 69.7 Å². The van der Waals surface area contributed by atoms with Crippen molar-refractivity contribution in [1.29, 1.82) is 0 Å². The van der Waals surface area contributed by atoms with Gasteiger partial charge in [0.05, 0.1) is 12.3 Å². The number of carbonyl (C=O) groups excluding carboxylic acids is 1. The normalized spacial score (nSPS) is 18.9. The van der Waals surface area contributed by atoms with Gasteiger partial charge in [0.1, 0.15) is 0 Å². The first-order valence-electron chi connectivity index (χ1n) is 9.61. The van der Waals surface area contributed by atoms with Crippen LogP contribution < -0.4 is 0 Å². The van der Waals surface area contributed by atoms with E-state index in [0.29, 0.717) is 29.6 Å². The van der Waals surface area contributed by atoms with Crippen LogP contribution in [0.25, 0.3) is 0 Å². The second-order valence-corrected chi connectivity index (χ2v) is 8.20. The predicted octanol–water partition coefficient (Wildman–Crippen LogP) is 5.32. The van der Waals surface area contributed by atoms with Gasteiger partial charge in [-0.3, -0.25) is 4.79 Å². The number of amides is 1. The Bertz CT molecular complexity index is 896. The highest BCUT2D eigenvalue weighted by molar-refractivity contribution is 6.34. The van der Waals surface area contributed by atoms with Gasteiger partial charge >= 0.3 is 0 Å². The van der Waals surface area contributed by atoms with Gasteiger partial charge in [0.25, 0.3) is 0 Å². The van der Waals surface area contributed by atoms with E-state index in [1.54, 1.807) is 0 Å². The summed E-state index contributed by atoms with van der Waals surface area (Å²) in [6, 6.07) is 15.3. The van der Waals surface area contributed by atoms with Crippen LogP contribution in [0, 0.1) is 5.92 Å². The van der Waals surface area contributed by atoms with Crippen LogP contribution in [0.2, 0.25) is 10.0 Å². The first-order valence-corrected chi connectivity index (χ1v) is 10.4. The van der Waals surface area contributed by atoms with Gasteiger partial charge in [-0.05, 0) is 30.5 Å². The summed E-state index contributed by atoms with van der Waals surface area (Å²) >= 11 is 12.6. The molecule has 1 aliphatic carbocycles. The quantitative estimate of drug-likeness (QED) is 0.639. The zero-order valence-corrected chi connectivity index (χ0v) is 17.0. The van der Waals surface area contributed by atoms with Crippen molar-refractivity contribution in [2.24, 2.45) is 11.1 Å². The van der Waals surface area contributed by atoms with Gasteiger partial charge < -0.3 is 9.74 Å². The molecule has 0 saturated heterocycles. The third-order valence-electron chi connectivity index (χ3n) is 5.43. The van der Waals surface area contributed by atoms with Crippen LogP contribution in [0.1, 0.15) is 36.8 Å². The van der Waals surface area contributed by atoms with Crippen molar-refractivity contribution < 1.29 is 9.63 Å². The summed E-state index contributed by atoms with van der Waals surface area (Å²) in [6.45, 7) is 0.967. The first kappa shape index (κ1) is 19.3. The van der Waals surface area contributed by atoms with Crippen LogP contribution in [-0.2, 0) is 16.2 Å².